The third-order valence-corrected chi connectivity index (χ3v) is 3.24. The molecule has 0 unspecified atom stereocenters. The normalized spacial score (nSPS) is 14.2. The maximum Gasteiger partial charge on any atom is 0.210 e. The van der Waals surface area contributed by atoms with Gasteiger partial charge < -0.3 is 10.2 Å². The molecule has 0 radical (unpaired) electrons. The number of rotatable bonds is 4. The number of nitrogens with zero attached hydrogens (tertiary/aromatic N) is 1. The van der Waals surface area contributed by atoms with Crippen molar-refractivity contribution in [1.82, 2.24) is 10.2 Å². The number of allylic oxidation sites excluding steroid dienone is 2. The van der Waals surface area contributed by atoms with Crippen LogP contribution >= 0.6 is 0 Å². The maximum atomic E-state index is 12.5. The lowest BCUT2D eigenvalue weighted by Gasteiger charge is -2.27. The summed E-state index contributed by atoms with van der Waals surface area (Å²) < 4.78 is 0. The van der Waals surface area contributed by atoms with Gasteiger partial charge >= 0.3 is 0 Å². The van der Waals surface area contributed by atoms with E-state index in [2.05, 4.69) is 5.32 Å². The van der Waals surface area contributed by atoms with Gasteiger partial charge in [0.25, 0.3) is 0 Å². The van der Waals surface area contributed by atoms with Gasteiger partial charge in [-0.05, 0) is 13.8 Å². The van der Waals surface area contributed by atoms with Gasteiger partial charge in [0.2, 0.25) is 5.78 Å². The van der Waals surface area contributed by atoms with Gasteiger partial charge in [-0.3, -0.25) is 9.59 Å². The van der Waals surface area contributed by atoms with Crippen molar-refractivity contribution in [1.29, 1.82) is 0 Å². The standard InChI is InChI=1S/C16H18N2O2/c1-11-4-6-13(7-5-11)16(20)15-10-17-9-14(18(15)3)8-12(2)19/h4-7,9-10,17H,8H2,1-3H3. The summed E-state index contributed by atoms with van der Waals surface area (Å²) >= 11 is 0. The van der Waals surface area contributed by atoms with Gasteiger partial charge in [0.15, 0.2) is 0 Å². The summed E-state index contributed by atoms with van der Waals surface area (Å²) in [5.74, 6) is 0.00286. The lowest BCUT2D eigenvalue weighted by Crippen LogP contribution is -2.30. The number of hydrogen-bond donors (Lipinski definition) is 1. The highest BCUT2D eigenvalue weighted by molar-refractivity contribution is 6.08. The van der Waals surface area contributed by atoms with E-state index in [1.54, 1.807) is 24.3 Å². The number of aryl methyl sites for hydroxylation is 1. The van der Waals surface area contributed by atoms with Crippen molar-refractivity contribution in [3.05, 3.63) is 59.2 Å². The minimum atomic E-state index is -0.0610. The zero-order valence-electron chi connectivity index (χ0n) is 11.9. The number of benzene rings is 1. The number of likely N-dealkylation sites (N-methyl/N-ethyl adjacent to an activating group) is 1. The third-order valence-electron chi connectivity index (χ3n) is 3.24. The van der Waals surface area contributed by atoms with E-state index in [0.717, 1.165) is 11.3 Å². The molecule has 104 valence electrons. The Bertz CT molecular complexity index is 597. The van der Waals surface area contributed by atoms with E-state index in [9.17, 15) is 9.59 Å². The second-order valence-electron chi connectivity index (χ2n) is 4.96. The predicted octanol–water partition coefficient (Wildman–Crippen LogP) is 2.37. The maximum absolute atomic E-state index is 12.5. The van der Waals surface area contributed by atoms with E-state index >= 15 is 0 Å². The van der Waals surface area contributed by atoms with Gasteiger partial charge in [-0.15, -0.1) is 0 Å². The predicted molar refractivity (Wildman–Crippen MR) is 77.9 cm³/mol. The molecule has 0 fully saturated rings. The van der Waals surface area contributed by atoms with Crippen LogP contribution in [0.1, 0.15) is 29.3 Å². The van der Waals surface area contributed by atoms with Crippen LogP contribution in [0.15, 0.2) is 48.1 Å². The highest BCUT2D eigenvalue weighted by atomic mass is 16.1. The van der Waals surface area contributed by atoms with E-state index in [1.807, 2.05) is 31.2 Å². The molecule has 4 nitrogen and oxygen atoms in total. The van der Waals surface area contributed by atoms with E-state index in [0.29, 0.717) is 17.7 Å². The van der Waals surface area contributed by atoms with Crippen LogP contribution in [0.3, 0.4) is 0 Å². The van der Waals surface area contributed by atoms with Crippen LogP contribution in [0, 0.1) is 6.92 Å². The molecule has 0 atom stereocenters. The van der Waals surface area contributed by atoms with Gasteiger partial charge in [-0.1, -0.05) is 29.8 Å². The summed E-state index contributed by atoms with van der Waals surface area (Å²) in [6.45, 7) is 3.52. The Balaban J connectivity index is 2.20. The van der Waals surface area contributed by atoms with Crippen molar-refractivity contribution in [2.24, 2.45) is 0 Å². The molecule has 1 aromatic carbocycles. The number of nitrogens with one attached hydrogen (secondary N) is 1. The zero-order valence-corrected chi connectivity index (χ0v) is 11.9. The zero-order chi connectivity index (χ0) is 14.7. The Morgan fingerprint density at radius 1 is 1.15 bits per heavy atom. The van der Waals surface area contributed by atoms with Crippen molar-refractivity contribution in [3.63, 3.8) is 0 Å². The smallest absolute Gasteiger partial charge is 0.210 e. The van der Waals surface area contributed by atoms with Crippen LogP contribution in [-0.2, 0) is 4.79 Å². The first-order valence-electron chi connectivity index (χ1n) is 6.49. The summed E-state index contributed by atoms with van der Waals surface area (Å²) in [5, 5.41) is 2.94. The lowest BCUT2D eigenvalue weighted by atomic mass is 10.0. The first-order chi connectivity index (χ1) is 9.49. The molecule has 1 aliphatic heterocycles. The molecule has 0 saturated carbocycles. The Morgan fingerprint density at radius 3 is 2.40 bits per heavy atom. The molecule has 0 amide bonds. The fourth-order valence-corrected chi connectivity index (χ4v) is 2.06. The number of Topliss-reactive ketones (excluding diaryl/α,β-unsaturated/α-hetero) is 2. The van der Waals surface area contributed by atoms with Gasteiger partial charge in [-0.2, -0.15) is 0 Å². The number of carbonyl (C=O) groups excluding carboxylic acids is 2. The first-order valence-corrected chi connectivity index (χ1v) is 6.49. The van der Waals surface area contributed by atoms with Crippen LogP contribution in [0.4, 0.5) is 0 Å². The molecule has 1 N–H and O–H groups in total. The van der Waals surface area contributed by atoms with Crippen molar-refractivity contribution < 1.29 is 9.59 Å². The lowest BCUT2D eigenvalue weighted by molar-refractivity contribution is -0.116. The highest BCUT2D eigenvalue weighted by Gasteiger charge is 2.21. The molecule has 1 heterocycles. The van der Waals surface area contributed by atoms with E-state index < -0.39 is 0 Å². The average Bonchev–Trinajstić information content (AvgIpc) is 2.41. The summed E-state index contributed by atoms with van der Waals surface area (Å²) in [4.78, 5) is 25.5. The number of hydrogen-bond acceptors (Lipinski definition) is 4. The SMILES string of the molecule is CC(=O)CC1=CNC=C(C(=O)c2ccc(C)cc2)N1C. The van der Waals surface area contributed by atoms with E-state index in [4.69, 9.17) is 0 Å². The fraction of sp³-hybridized carbons (Fsp3) is 0.250. The van der Waals surface area contributed by atoms with Crippen molar-refractivity contribution in [3.8, 4) is 0 Å². The van der Waals surface area contributed by atoms with Gasteiger partial charge in [0.1, 0.15) is 11.5 Å². The van der Waals surface area contributed by atoms with Crippen LogP contribution in [-0.4, -0.2) is 23.5 Å². The molecule has 4 heteroatoms. The fourth-order valence-electron chi connectivity index (χ4n) is 2.06. The summed E-state index contributed by atoms with van der Waals surface area (Å²) in [6.07, 6.45) is 3.71. The quantitative estimate of drug-likeness (QED) is 0.853. The second kappa shape index (κ2) is 5.74. The minimum absolute atomic E-state index is 0.0610. The van der Waals surface area contributed by atoms with Crippen molar-refractivity contribution in [2.45, 2.75) is 20.3 Å². The first kappa shape index (κ1) is 14.1. The molecule has 20 heavy (non-hydrogen) atoms. The average molecular weight is 270 g/mol. The molecular weight excluding hydrogens is 252 g/mol. The Hall–Kier alpha value is -2.36. The second-order valence-corrected chi connectivity index (χ2v) is 4.96. The molecule has 1 aromatic rings. The third kappa shape index (κ3) is 2.96. The van der Waals surface area contributed by atoms with E-state index in [-0.39, 0.29) is 11.6 Å². The summed E-state index contributed by atoms with van der Waals surface area (Å²) in [5.41, 5.74) is 3.07. The molecule has 0 bridgehead atoms. The molecule has 0 spiro atoms. The summed E-state index contributed by atoms with van der Waals surface area (Å²) in [6, 6.07) is 7.46. The molecule has 1 aliphatic rings. The van der Waals surface area contributed by atoms with Crippen LogP contribution < -0.4 is 5.32 Å². The van der Waals surface area contributed by atoms with Crippen molar-refractivity contribution in [2.75, 3.05) is 7.05 Å². The van der Waals surface area contributed by atoms with Crippen LogP contribution in [0.25, 0.3) is 0 Å². The molecular formula is C16H18N2O2. The monoisotopic (exact) mass is 270 g/mol. The topological polar surface area (TPSA) is 49.4 Å². The highest BCUT2D eigenvalue weighted by Crippen LogP contribution is 2.20. The van der Waals surface area contributed by atoms with Crippen LogP contribution in [0.2, 0.25) is 0 Å². The Kier molecular flexibility index (Phi) is 4.03. The van der Waals surface area contributed by atoms with Gasteiger partial charge in [-0.25, -0.2) is 0 Å². The van der Waals surface area contributed by atoms with Gasteiger partial charge in [0.05, 0.1) is 0 Å². The molecule has 2 rings (SSSR count). The van der Waals surface area contributed by atoms with Crippen LogP contribution in [0.5, 0.6) is 0 Å². The van der Waals surface area contributed by atoms with Crippen molar-refractivity contribution >= 4 is 11.6 Å². The minimum Gasteiger partial charge on any atom is -0.364 e. The molecule has 0 aliphatic carbocycles. The molecule has 0 saturated heterocycles. The Morgan fingerprint density at radius 2 is 1.80 bits per heavy atom. The Labute approximate surface area is 118 Å². The number of ketones is 2. The summed E-state index contributed by atoms with van der Waals surface area (Å²) in [7, 11) is 1.80. The number of carbonyl (C=O) groups is 2. The van der Waals surface area contributed by atoms with Gasteiger partial charge in [0, 0.05) is 37.1 Å². The largest absolute Gasteiger partial charge is 0.364 e. The van der Waals surface area contributed by atoms with E-state index in [1.165, 1.54) is 6.92 Å². The molecule has 0 aromatic heterocycles.